The monoisotopic (exact) mass is 621 g/mol. The highest BCUT2D eigenvalue weighted by Crippen LogP contribution is 2.39. The molecular formula is C30H28ClN5O8. The largest absolute Gasteiger partial charge is 0.479 e. The third-order valence-electron chi connectivity index (χ3n) is 7.43. The summed E-state index contributed by atoms with van der Waals surface area (Å²) in [6.45, 7) is -0.301. The fourth-order valence-electron chi connectivity index (χ4n) is 5.00. The van der Waals surface area contributed by atoms with Crippen molar-refractivity contribution in [3.05, 3.63) is 83.4 Å². The molecule has 0 radical (unpaired) electrons. The lowest BCUT2D eigenvalue weighted by molar-refractivity contribution is -0.191. The van der Waals surface area contributed by atoms with Crippen LogP contribution in [0.5, 0.6) is 0 Å². The minimum absolute atomic E-state index is 0.130. The minimum Gasteiger partial charge on any atom is -0.479 e. The van der Waals surface area contributed by atoms with Gasteiger partial charge in [-0.15, -0.1) is 6.42 Å². The zero-order valence-corrected chi connectivity index (χ0v) is 23.8. The van der Waals surface area contributed by atoms with Gasteiger partial charge in [-0.25, -0.2) is 14.6 Å². The fourth-order valence-corrected chi connectivity index (χ4v) is 5.17. The van der Waals surface area contributed by atoms with Crippen LogP contribution in [0.4, 0.5) is 5.82 Å². The molecule has 228 valence electrons. The molecule has 5 rings (SSSR count). The van der Waals surface area contributed by atoms with Crippen LogP contribution in [0.2, 0.25) is 5.28 Å². The Morgan fingerprint density at radius 3 is 2.34 bits per heavy atom. The van der Waals surface area contributed by atoms with Crippen molar-refractivity contribution in [2.75, 3.05) is 18.5 Å². The third kappa shape index (κ3) is 5.81. The summed E-state index contributed by atoms with van der Waals surface area (Å²) in [6, 6.07) is 17.8. The van der Waals surface area contributed by atoms with Crippen LogP contribution in [0.15, 0.2) is 67.0 Å². The van der Waals surface area contributed by atoms with E-state index < -0.39 is 54.6 Å². The van der Waals surface area contributed by atoms with Gasteiger partial charge in [0.1, 0.15) is 12.2 Å². The molecule has 4 atom stereocenters. The Kier molecular flexibility index (Phi) is 8.82. The minimum atomic E-state index is -2.74. The molecule has 1 unspecified atom stereocenters. The summed E-state index contributed by atoms with van der Waals surface area (Å²) in [5, 5.41) is 45.3. The van der Waals surface area contributed by atoms with Gasteiger partial charge in [-0.3, -0.25) is 4.57 Å². The number of aliphatic hydroxyl groups excluding tert-OH is 1. The van der Waals surface area contributed by atoms with E-state index in [1.807, 2.05) is 30.3 Å². The van der Waals surface area contributed by atoms with Crippen LogP contribution in [0.1, 0.15) is 17.4 Å². The second kappa shape index (κ2) is 12.6. The molecule has 44 heavy (non-hydrogen) atoms. The molecule has 5 N–H and O–H groups in total. The number of carboxylic acids is 2. The van der Waals surface area contributed by atoms with E-state index in [1.165, 1.54) is 10.9 Å². The number of anilines is 1. The third-order valence-corrected chi connectivity index (χ3v) is 7.60. The van der Waals surface area contributed by atoms with Crippen molar-refractivity contribution in [3.63, 3.8) is 0 Å². The van der Waals surface area contributed by atoms with E-state index in [-0.39, 0.29) is 10.9 Å². The van der Waals surface area contributed by atoms with Gasteiger partial charge in [0, 0.05) is 13.0 Å². The number of aromatic nitrogens is 4. The van der Waals surface area contributed by atoms with Crippen molar-refractivity contribution in [3.8, 4) is 12.3 Å². The molecule has 14 heteroatoms. The molecule has 2 aromatic heterocycles. The summed E-state index contributed by atoms with van der Waals surface area (Å²) in [7, 11) is 0. The number of nitrogens with zero attached hydrogens (tertiary/aromatic N) is 4. The molecule has 0 saturated carbocycles. The van der Waals surface area contributed by atoms with Gasteiger partial charge in [0.05, 0.1) is 12.9 Å². The van der Waals surface area contributed by atoms with Crippen molar-refractivity contribution >= 4 is 40.5 Å². The summed E-state index contributed by atoms with van der Waals surface area (Å²) in [5.41, 5.74) is -3.24. The van der Waals surface area contributed by atoms with Crippen LogP contribution in [0, 0.1) is 12.3 Å². The molecule has 4 aromatic rings. The van der Waals surface area contributed by atoms with Crippen LogP contribution >= 0.6 is 11.6 Å². The molecule has 1 saturated heterocycles. The Morgan fingerprint density at radius 2 is 1.73 bits per heavy atom. The van der Waals surface area contributed by atoms with Gasteiger partial charge in [-0.1, -0.05) is 66.6 Å². The van der Waals surface area contributed by atoms with Crippen molar-refractivity contribution < 1.29 is 39.5 Å². The van der Waals surface area contributed by atoms with Gasteiger partial charge in [0.2, 0.25) is 5.28 Å². The average Bonchev–Trinajstić information content (AvgIpc) is 3.54. The Hall–Kier alpha value is -4.58. The Labute approximate surface area is 256 Å². The predicted octanol–water partition coefficient (Wildman–Crippen LogP) is 1.92. The van der Waals surface area contributed by atoms with E-state index >= 15 is 0 Å². The van der Waals surface area contributed by atoms with Gasteiger partial charge in [0.15, 0.2) is 28.8 Å². The number of hydrogen-bond donors (Lipinski definition) is 5. The Morgan fingerprint density at radius 1 is 1.09 bits per heavy atom. The lowest BCUT2D eigenvalue weighted by Gasteiger charge is -2.30. The summed E-state index contributed by atoms with van der Waals surface area (Å²) in [6.07, 6.45) is 2.30. The smallest absolute Gasteiger partial charge is 0.348 e. The summed E-state index contributed by atoms with van der Waals surface area (Å²) >= 11 is 6.21. The number of hydrogen-bond acceptors (Lipinski definition) is 10. The van der Waals surface area contributed by atoms with Gasteiger partial charge < -0.3 is 35.2 Å². The molecule has 1 aliphatic heterocycles. The number of carbonyl (C=O) groups is 2. The molecular weight excluding hydrogens is 594 g/mol. The van der Waals surface area contributed by atoms with Crippen LogP contribution in [-0.4, -0.2) is 88.4 Å². The van der Waals surface area contributed by atoms with Gasteiger partial charge in [-0.2, -0.15) is 9.97 Å². The van der Waals surface area contributed by atoms with Crippen molar-refractivity contribution in [2.24, 2.45) is 0 Å². The molecule has 13 nitrogen and oxygen atoms in total. The van der Waals surface area contributed by atoms with E-state index in [4.69, 9.17) is 27.5 Å². The zero-order chi connectivity index (χ0) is 31.5. The first kappa shape index (κ1) is 30.9. The first-order valence-electron chi connectivity index (χ1n) is 13.4. The van der Waals surface area contributed by atoms with E-state index in [0.717, 1.165) is 5.56 Å². The second-order valence-corrected chi connectivity index (χ2v) is 10.5. The molecule has 0 amide bonds. The Bertz CT molecular complexity index is 1680. The maximum Gasteiger partial charge on any atom is 0.348 e. The maximum absolute atomic E-state index is 12.2. The number of carboxylic acid groups (broad SMARTS) is 2. The average molecular weight is 622 g/mol. The standard InChI is InChI=1S/C30H28ClN5O8/c1-2-29(42)20(16-43-30(26(38)39,27(40)41)15-19-11-7-4-8-12-19)44-25(22(29)37)36-17-33-21-23(34-28(31)35-24(21)36)32-14-13-18-9-5-3-6-10-18/h1,3-12,17,20,22,25,37,42H,13-16H2,(H,38,39)(H,40,41)(H,32,34,35)/t20-,22+,25?,29-/m1/s1. The van der Waals surface area contributed by atoms with Gasteiger partial charge >= 0.3 is 11.9 Å². The predicted molar refractivity (Wildman–Crippen MR) is 157 cm³/mol. The lowest BCUT2D eigenvalue weighted by atomic mass is 9.92. The number of terminal acetylenes is 1. The Balaban J connectivity index is 1.39. The molecule has 0 spiro atoms. The highest BCUT2D eigenvalue weighted by Gasteiger charge is 2.58. The maximum atomic E-state index is 12.2. The van der Waals surface area contributed by atoms with Crippen LogP contribution in [0.3, 0.4) is 0 Å². The fraction of sp³-hybridized carbons (Fsp3) is 0.300. The number of aliphatic hydroxyl groups is 2. The first-order valence-corrected chi connectivity index (χ1v) is 13.8. The number of rotatable bonds is 12. The van der Waals surface area contributed by atoms with E-state index in [1.54, 1.807) is 30.3 Å². The number of aliphatic carboxylic acids is 2. The van der Waals surface area contributed by atoms with E-state index in [0.29, 0.717) is 29.9 Å². The van der Waals surface area contributed by atoms with Crippen LogP contribution in [-0.2, 0) is 31.9 Å². The van der Waals surface area contributed by atoms with Gasteiger partial charge in [0.25, 0.3) is 5.60 Å². The number of benzene rings is 2. The molecule has 1 aliphatic rings. The quantitative estimate of drug-likeness (QED) is 0.0879. The highest BCUT2D eigenvalue weighted by atomic mass is 35.5. The second-order valence-electron chi connectivity index (χ2n) is 10.2. The van der Waals surface area contributed by atoms with Crippen molar-refractivity contribution in [1.82, 2.24) is 19.5 Å². The molecule has 2 aromatic carbocycles. The van der Waals surface area contributed by atoms with Gasteiger partial charge in [-0.05, 0) is 29.1 Å². The van der Waals surface area contributed by atoms with E-state index in [2.05, 4.69) is 26.2 Å². The summed E-state index contributed by atoms with van der Waals surface area (Å²) < 4.78 is 12.7. The van der Waals surface area contributed by atoms with E-state index in [9.17, 15) is 30.0 Å². The lowest BCUT2D eigenvalue weighted by Crippen LogP contribution is -2.55. The number of halogens is 1. The van der Waals surface area contributed by atoms with Crippen LogP contribution < -0.4 is 5.32 Å². The first-order chi connectivity index (χ1) is 21.1. The molecule has 0 bridgehead atoms. The highest BCUT2D eigenvalue weighted by molar-refractivity contribution is 6.28. The number of imidazole rings is 1. The number of nitrogens with one attached hydrogen (secondary N) is 1. The number of fused-ring (bicyclic) bond motifs is 1. The molecule has 3 heterocycles. The van der Waals surface area contributed by atoms with Crippen LogP contribution in [0.25, 0.3) is 11.2 Å². The number of ether oxygens (including phenoxy) is 2. The SMILES string of the molecule is C#C[C@@]1(O)[C@@H](COC(Cc2ccccc2)(C(=O)O)C(=O)O)OC(n2cnc3c(NCCc4ccccc4)nc(Cl)nc32)[C@@H]1O. The van der Waals surface area contributed by atoms with Crippen molar-refractivity contribution in [2.45, 2.75) is 42.5 Å². The summed E-state index contributed by atoms with van der Waals surface area (Å²) in [4.78, 5) is 37.3. The zero-order valence-electron chi connectivity index (χ0n) is 23.1. The molecule has 1 fully saturated rings. The topological polar surface area (TPSA) is 189 Å². The molecule has 0 aliphatic carbocycles. The summed E-state index contributed by atoms with van der Waals surface area (Å²) in [5.74, 6) is -1.13. The van der Waals surface area contributed by atoms with Crippen molar-refractivity contribution in [1.29, 1.82) is 0 Å². The normalized spacial score (nSPS) is 21.6.